The number of hydrogen-bond acceptors (Lipinski definition) is 5. The Morgan fingerprint density at radius 2 is 2.15 bits per heavy atom. The smallest absolute Gasteiger partial charge is 0.243 e. The van der Waals surface area contributed by atoms with Crippen LogP contribution in [0, 0.1) is 0 Å². The largest absolute Gasteiger partial charge is 0.305 e. The van der Waals surface area contributed by atoms with Crippen LogP contribution in [0.3, 0.4) is 0 Å². The van der Waals surface area contributed by atoms with E-state index in [1.165, 1.54) is 6.42 Å². The maximum Gasteiger partial charge on any atom is 0.243 e. The summed E-state index contributed by atoms with van der Waals surface area (Å²) in [5, 5.41) is 2.77. The Kier molecular flexibility index (Phi) is 5.03. The molecule has 1 aliphatic heterocycles. The van der Waals surface area contributed by atoms with Gasteiger partial charge < -0.3 is 4.90 Å². The Labute approximate surface area is 120 Å². The normalized spacial score (nSPS) is 21.7. The molecular weight excluding hydrogens is 254 g/mol. The van der Waals surface area contributed by atoms with Crippen LogP contribution >= 0.6 is 0 Å². The first-order chi connectivity index (χ1) is 9.58. The van der Waals surface area contributed by atoms with Crippen LogP contribution in [0.5, 0.6) is 0 Å². The van der Waals surface area contributed by atoms with E-state index in [0.717, 1.165) is 19.5 Å². The Bertz CT molecular complexity index is 436. The molecule has 2 heterocycles. The number of anilines is 1. The van der Waals surface area contributed by atoms with Crippen molar-refractivity contribution in [3.63, 3.8) is 0 Å². The maximum atomic E-state index is 12.2. The van der Waals surface area contributed by atoms with Crippen molar-refractivity contribution in [2.45, 2.75) is 31.8 Å². The molecule has 1 saturated heterocycles. The molecule has 1 aromatic rings. The summed E-state index contributed by atoms with van der Waals surface area (Å²) in [4.78, 5) is 24.7. The first-order valence-corrected chi connectivity index (χ1v) is 7.06. The van der Waals surface area contributed by atoms with Gasteiger partial charge in [0.05, 0.1) is 6.04 Å². The van der Waals surface area contributed by atoms with E-state index < -0.39 is 0 Å². The Morgan fingerprint density at radius 1 is 1.45 bits per heavy atom. The third-order valence-corrected chi connectivity index (χ3v) is 3.89. The number of likely N-dealkylation sites (N-methyl/N-ethyl adjacent to an activating group) is 1. The first-order valence-electron chi connectivity index (χ1n) is 7.06. The molecule has 0 aliphatic carbocycles. The number of nitrogens with one attached hydrogen (secondary N) is 1. The van der Waals surface area contributed by atoms with Crippen molar-refractivity contribution in [3.8, 4) is 0 Å². The second-order valence-corrected chi connectivity index (χ2v) is 5.49. The van der Waals surface area contributed by atoms with Crippen LogP contribution in [0.1, 0.15) is 19.8 Å². The lowest BCUT2D eigenvalue weighted by Crippen LogP contribution is -2.51. The molecule has 1 aromatic heterocycles. The van der Waals surface area contributed by atoms with E-state index in [2.05, 4.69) is 39.2 Å². The van der Waals surface area contributed by atoms with Crippen LogP contribution in [0.4, 0.5) is 5.95 Å². The zero-order valence-electron chi connectivity index (χ0n) is 12.4. The predicted molar refractivity (Wildman–Crippen MR) is 78.4 cm³/mol. The predicted octanol–water partition coefficient (Wildman–Crippen LogP) is 0.830. The number of nitrogens with zero attached hydrogens (tertiary/aromatic N) is 4. The van der Waals surface area contributed by atoms with Gasteiger partial charge >= 0.3 is 0 Å². The number of hydrogen-bond donors (Lipinski definition) is 1. The third kappa shape index (κ3) is 3.74. The fourth-order valence-electron chi connectivity index (χ4n) is 2.50. The lowest BCUT2D eigenvalue weighted by Gasteiger charge is -2.38. The van der Waals surface area contributed by atoms with Gasteiger partial charge in [-0.3, -0.25) is 15.0 Å². The molecule has 0 radical (unpaired) electrons. The van der Waals surface area contributed by atoms with Gasteiger partial charge in [-0.15, -0.1) is 0 Å². The number of aromatic nitrogens is 2. The molecule has 6 nitrogen and oxygen atoms in total. The van der Waals surface area contributed by atoms with Gasteiger partial charge in [0.25, 0.3) is 0 Å². The summed E-state index contributed by atoms with van der Waals surface area (Å²) in [6.45, 7) is 3.84. The second-order valence-electron chi connectivity index (χ2n) is 5.49. The fourth-order valence-corrected chi connectivity index (χ4v) is 2.50. The average Bonchev–Trinajstić information content (AvgIpc) is 2.47. The van der Waals surface area contributed by atoms with E-state index in [1.807, 2.05) is 6.92 Å². The van der Waals surface area contributed by atoms with Gasteiger partial charge in [0.15, 0.2) is 0 Å². The standard InChI is InChI=1S/C14H23N5O/c1-11(13(20)17-14-15-7-5-8-16-14)19-9-4-6-12(10-19)18(2)3/h5,7-8,11-12H,4,6,9-10H2,1-3H3,(H,15,16,17,20). The molecule has 1 aliphatic rings. The molecule has 1 fully saturated rings. The Hall–Kier alpha value is -1.53. The van der Waals surface area contributed by atoms with E-state index >= 15 is 0 Å². The summed E-state index contributed by atoms with van der Waals surface area (Å²) in [5.74, 6) is 0.320. The van der Waals surface area contributed by atoms with Crippen LogP contribution in [-0.2, 0) is 4.79 Å². The zero-order chi connectivity index (χ0) is 14.5. The molecule has 20 heavy (non-hydrogen) atoms. The van der Waals surface area contributed by atoms with Gasteiger partial charge in [-0.1, -0.05) is 0 Å². The number of carbonyl (C=O) groups excluding carboxylic acids is 1. The van der Waals surface area contributed by atoms with Crippen molar-refractivity contribution in [2.75, 3.05) is 32.5 Å². The number of rotatable bonds is 4. The van der Waals surface area contributed by atoms with Crippen LogP contribution in [0.2, 0.25) is 0 Å². The quantitative estimate of drug-likeness (QED) is 0.883. The molecule has 2 rings (SSSR count). The molecule has 2 atom stereocenters. The van der Waals surface area contributed by atoms with E-state index in [4.69, 9.17) is 0 Å². The summed E-state index contributed by atoms with van der Waals surface area (Å²) in [7, 11) is 4.19. The Morgan fingerprint density at radius 3 is 2.80 bits per heavy atom. The van der Waals surface area contributed by atoms with Gasteiger partial charge in [-0.2, -0.15) is 0 Å². The van der Waals surface area contributed by atoms with Crippen LogP contribution < -0.4 is 5.32 Å². The van der Waals surface area contributed by atoms with Crippen molar-refractivity contribution in [1.82, 2.24) is 19.8 Å². The topological polar surface area (TPSA) is 61.4 Å². The SMILES string of the molecule is CC(C(=O)Nc1ncccn1)N1CCCC(N(C)C)C1. The van der Waals surface area contributed by atoms with Crippen molar-refractivity contribution in [3.05, 3.63) is 18.5 Å². The molecule has 0 saturated carbocycles. The molecule has 6 heteroatoms. The lowest BCUT2D eigenvalue weighted by atomic mass is 10.0. The van der Waals surface area contributed by atoms with E-state index in [1.54, 1.807) is 18.5 Å². The summed E-state index contributed by atoms with van der Waals surface area (Å²) in [5.41, 5.74) is 0. The number of piperidine rings is 1. The molecule has 0 spiro atoms. The minimum absolute atomic E-state index is 0.0457. The van der Waals surface area contributed by atoms with E-state index in [-0.39, 0.29) is 11.9 Å². The summed E-state index contributed by atoms with van der Waals surface area (Å²) < 4.78 is 0. The second kappa shape index (κ2) is 6.76. The summed E-state index contributed by atoms with van der Waals surface area (Å²) in [6, 6.07) is 2.08. The Balaban J connectivity index is 1.93. The minimum Gasteiger partial charge on any atom is -0.305 e. The molecule has 0 aromatic carbocycles. The minimum atomic E-state index is -0.165. The molecule has 1 N–H and O–H groups in total. The number of likely N-dealkylation sites (tertiary alicyclic amines) is 1. The highest BCUT2D eigenvalue weighted by Gasteiger charge is 2.28. The van der Waals surface area contributed by atoms with Crippen LogP contribution in [0.25, 0.3) is 0 Å². The van der Waals surface area contributed by atoms with E-state index in [0.29, 0.717) is 12.0 Å². The van der Waals surface area contributed by atoms with Crippen molar-refractivity contribution < 1.29 is 4.79 Å². The van der Waals surface area contributed by atoms with Crippen molar-refractivity contribution >= 4 is 11.9 Å². The highest BCUT2D eigenvalue weighted by atomic mass is 16.2. The monoisotopic (exact) mass is 277 g/mol. The van der Waals surface area contributed by atoms with Gasteiger partial charge in [-0.05, 0) is 46.5 Å². The molecule has 0 bridgehead atoms. The number of amides is 1. The molecule has 2 unspecified atom stereocenters. The molecule has 1 amide bonds. The summed E-state index contributed by atoms with van der Waals surface area (Å²) >= 11 is 0. The van der Waals surface area contributed by atoms with Crippen LogP contribution in [-0.4, -0.2) is 64.9 Å². The average molecular weight is 277 g/mol. The lowest BCUT2D eigenvalue weighted by molar-refractivity contribution is -0.121. The van der Waals surface area contributed by atoms with E-state index in [9.17, 15) is 4.79 Å². The summed E-state index contributed by atoms with van der Waals surface area (Å²) in [6.07, 6.45) is 5.56. The number of carbonyl (C=O) groups is 1. The van der Waals surface area contributed by atoms with Crippen molar-refractivity contribution in [1.29, 1.82) is 0 Å². The van der Waals surface area contributed by atoms with Gasteiger partial charge in [-0.25, -0.2) is 9.97 Å². The fraction of sp³-hybridized carbons (Fsp3) is 0.643. The zero-order valence-corrected chi connectivity index (χ0v) is 12.4. The molecular formula is C14H23N5O. The molecule has 110 valence electrons. The van der Waals surface area contributed by atoms with Gasteiger partial charge in [0, 0.05) is 25.0 Å². The highest BCUT2D eigenvalue weighted by molar-refractivity contribution is 5.93. The van der Waals surface area contributed by atoms with Crippen LogP contribution in [0.15, 0.2) is 18.5 Å². The highest BCUT2D eigenvalue weighted by Crippen LogP contribution is 2.16. The van der Waals surface area contributed by atoms with Gasteiger partial charge in [0.2, 0.25) is 11.9 Å². The maximum absolute atomic E-state index is 12.2. The first kappa shape index (κ1) is 14.9. The van der Waals surface area contributed by atoms with Crippen molar-refractivity contribution in [2.24, 2.45) is 0 Å². The third-order valence-electron chi connectivity index (χ3n) is 3.89. The van der Waals surface area contributed by atoms with Gasteiger partial charge in [0.1, 0.15) is 0 Å².